The first-order valence-electron chi connectivity index (χ1n) is 12.7. The molecule has 0 unspecified atom stereocenters. The molecule has 1 N–H and O–H groups in total. The lowest BCUT2D eigenvalue weighted by atomic mass is 9.93. The molecule has 33 heavy (non-hydrogen) atoms. The molecular weight excluding hydrogens is 436 g/mol. The number of sulfonamides is 1. The van der Waals surface area contributed by atoms with Crippen LogP contribution in [0.25, 0.3) is 11.0 Å². The van der Waals surface area contributed by atoms with E-state index in [2.05, 4.69) is 9.88 Å². The van der Waals surface area contributed by atoms with Gasteiger partial charge in [0.15, 0.2) is 0 Å². The maximum absolute atomic E-state index is 13.4. The Hall–Kier alpha value is -1.93. The molecule has 0 atom stereocenters. The van der Waals surface area contributed by atoms with E-state index in [0.29, 0.717) is 42.9 Å². The van der Waals surface area contributed by atoms with Crippen LogP contribution in [-0.4, -0.2) is 47.3 Å². The van der Waals surface area contributed by atoms with Gasteiger partial charge in [-0.25, -0.2) is 13.4 Å². The van der Waals surface area contributed by atoms with E-state index in [0.717, 1.165) is 42.5 Å². The highest BCUT2D eigenvalue weighted by molar-refractivity contribution is 7.89. The van der Waals surface area contributed by atoms with E-state index in [-0.39, 0.29) is 11.8 Å². The maximum Gasteiger partial charge on any atom is 0.243 e. The molecule has 1 aromatic carbocycles. The third kappa shape index (κ3) is 4.56. The Labute approximate surface area is 197 Å². The van der Waals surface area contributed by atoms with Crippen molar-refractivity contribution in [3.63, 3.8) is 0 Å². The lowest BCUT2D eigenvalue weighted by Gasteiger charge is -2.32. The number of amides is 1. The molecule has 0 spiro atoms. The van der Waals surface area contributed by atoms with Crippen LogP contribution in [0, 0.1) is 12.8 Å². The minimum atomic E-state index is -3.60. The summed E-state index contributed by atoms with van der Waals surface area (Å²) >= 11 is 0. The Kier molecular flexibility index (Phi) is 6.49. The predicted octanol–water partition coefficient (Wildman–Crippen LogP) is 4.31. The summed E-state index contributed by atoms with van der Waals surface area (Å²) in [4.78, 5) is 17.7. The van der Waals surface area contributed by atoms with Gasteiger partial charge < -0.3 is 9.88 Å². The summed E-state index contributed by atoms with van der Waals surface area (Å²) < 4.78 is 30.6. The molecule has 3 aliphatic rings. The van der Waals surface area contributed by atoms with Crippen LogP contribution in [0.3, 0.4) is 0 Å². The highest BCUT2D eigenvalue weighted by Crippen LogP contribution is 2.34. The number of benzene rings is 1. The van der Waals surface area contributed by atoms with Gasteiger partial charge in [-0.05, 0) is 63.6 Å². The van der Waals surface area contributed by atoms with Crippen LogP contribution < -0.4 is 5.32 Å². The second-order valence-corrected chi connectivity index (χ2v) is 12.1. The normalized spacial score (nSPS) is 22.2. The second-order valence-electron chi connectivity index (χ2n) is 10.1. The van der Waals surface area contributed by atoms with E-state index in [9.17, 15) is 13.2 Å². The number of aromatic nitrogens is 2. The van der Waals surface area contributed by atoms with Gasteiger partial charge in [0.05, 0.1) is 15.9 Å². The number of aryl methyl sites for hydroxylation is 1. The summed E-state index contributed by atoms with van der Waals surface area (Å²) in [5.41, 5.74) is 1.78. The Balaban J connectivity index is 1.26. The van der Waals surface area contributed by atoms with Crippen molar-refractivity contribution in [1.82, 2.24) is 19.2 Å². The monoisotopic (exact) mass is 472 g/mol. The molecule has 1 saturated heterocycles. The highest BCUT2D eigenvalue weighted by Gasteiger charge is 2.33. The summed E-state index contributed by atoms with van der Waals surface area (Å²) in [7, 11) is -3.60. The molecular formula is C25H36N4O3S. The summed E-state index contributed by atoms with van der Waals surface area (Å²) in [6, 6.07) is 6.14. The van der Waals surface area contributed by atoms with Crippen LogP contribution in [0.4, 0.5) is 0 Å². The summed E-state index contributed by atoms with van der Waals surface area (Å²) in [6.07, 6.45) is 11.7. The zero-order valence-electron chi connectivity index (χ0n) is 19.6. The van der Waals surface area contributed by atoms with Gasteiger partial charge in [-0.3, -0.25) is 4.79 Å². The first-order chi connectivity index (χ1) is 15.9. The van der Waals surface area contributed by atoms with Gasteiger partial charge >= 0.3 is 0 Å². The van der Waals surface area contributed by atoms with Crippen LogP contribution >= 0.6 is 0 Å². The average molecular weight is 473 g/mol. The minimum absolute atomic E-state index is 0.0920. The fourth-order valence-electron chi connectivity index (χ4n) is 6.06. The van der Waals surface area contributed by atoms with Crippen LogP contribution in [0.2, 0.25) is 0 Å². The Morgan fingerprint density at radius 2 is 1.64 bits per heavy atom. The van der Waals surface area contributed by atoms with Crippen molar-refractivity contribution in [1.29, 1.82) is 0 Å². The van der Waals surface area contributed by atoms with E-state index < -0.39 is 10.0 Å². The summed E-state index contributed by atoms with van der Waals surface area (Å²) in [5.74, 6) is 0.968. The topological polar surface area (TPSA) is 84.3 Å². The Bertz CT molecular complexity index is 1110. The van der Waals surface area contributed by atoms with Crippen molar-refractivity contribution in [2.24, 2.45) is 5.92 Å². The molecule has 0 radical (unpaired) electrons. The Morgan fingerprint density at radius 1 is 0.970 bits per heavy atom. The lowest BCUT2D eigenvalue weighted by Crippen LogP contribution is -2.45. The fourth-order valence-corrected chi connectivity index (χ4v) is 7.55. The van der Waals surface area contributed by atoms with Gasteiger partial charge in [0.25, 0.3) is 0 Å². The van der Waals surface area contributed by atoms with Crippen molar-refractivity contribution in [2.45, 2.75) is 94.5 Å². The molecule has 180 valence electrons. The quantitative estimate of drug-likeness (QED) is 0.703. The number of piperidine rings is 1. The molecule has 1 aromatic heterocycles. The number of carbonyl (C=O) groups is 1. The molecule has 2 aromatic rings. The number of carbonyl (C=O) groups excluding carboxylic acids is 1. The summed E-state index contributed by atoms with van der Waals surface area (Å²) in [6.45, 7) is 2.78. The molecule has 2 aliphatic carbocycles. The zero-order valence-corrected chi connectivity index (χ0v) is 20.4. The fraction of sp³-hybridized carbons (Fsp3) is 0.680. The standard InChI is InChI=1S/C25H36N4O3S/c1-18-26-23-17-22(11-12-24(23)29(18)21-9-5-6-10-21)33(31,32)28-15-13-19(14-16-28)25(30)27-20-7-3-2-4-8-20/h11-12,17,19-21H,2-10,13-16H2,1H3,(H,27,30). The van der Waals surface area contributed by atoms with Crippen molar-refractivity contribution in [2.75, 3.05) is 13.1 Å². The minimum Gasteiger partial charge on any atom is -0.353 e. The molecule has 8 heteroatoms. The molecule has 5 rings (SSSR count). The Morgan fingerprint density at radius 3 is 2.33 bits per heavy atom. The first-order valence-corrected chi connectivity index (χ1v) is 14.2. The number of nitrogens with one attached hydrogen (secondary N) is 1. The van der Waals surface area contributed by atoms with Crippen LogP contribution in [0.1, 0.15) is 82.5 Å². The molecule has 0 bridgehead atoms. The maximum atomic E-state index is 13.4. The van der Waals surface area contributed by atoms with Gasteiger partial charge in [-0.15, -0.1) is 0 Å². The average Bonchev–Trinajstić information content (AvgIpc) is 3.46. The van der Waals surface area contributed by atoms with E-state index in [1.807, 2.05) is 13.0 Å². The third-order valence-corrected chi connectivity index (χ3v) is 9.84. The van der Waals surface area contributed by atoms with Gasteiger partial charge in [-0.1, -0.05) is 32.1 Å². The number of hydrogen-bond donors (Lipinski definition) is 1. The van der Waals surface area contributed by atoms with Crippen molar-refractivity contribution in [3.05, 3.63) is 24.0 Å². The molecule has 7 nitrogen and oxygen atoms in total. The SMILES string of the molecule is Cc1nc2cc(S(=O)(=O)N3CCC(C(=O)NC4CCCCC4)CC3)ccc2n1C1CCCC1. The summed E-state index contributed by atoms with van der Waals surface area (Å²) in [5, 5.41) is 3.21. The second kappa shape index (κ2) is 9.37. The molecule has 3 fully saturated rings. The van der Waals surface area contributed by atoms with Gasteiger partial charge in [0.1, 0.15) is 5.82 Å². The number of rotatable bonds is 5. The van der Waals surface area contributed by atoms with E-state index in [1.165, 1.54) is 32.1 Å². The van der Waals surface area contributed by atoms with E-state index >= 15 is 0 Å². The van der Waals surface area contributed by atoms with Crippen LogP contribution in [0.15, 0.2) is 23.1 Å². The van der Waals surface area contributed by atoms with E-state index in [4.69, 9.17) is 4.98 Å². The number of imidazole rings is 1. The molecule has 2 saturated carbocycles. The lowest BCUT2D eigenvalue weighted by molar-refractivity contribution is -0.127. The number of hydrogen-bond acceptors (Lipinski definition) is 4. The number of fused-ring (bicyclic) bond motifs is 1. The molecule has 1 aliphatic heterocycles. The predicted molar refractivity (Wildman–Crippen MR) is 128 cm³/mol. The third-order valence-electron chi connectivity index (χ3n) is 7.94. The largest absolute Gasteiger partial charge is 0.353 e. The van der Waals surface area contributed by atoms with Crippen molar-refractivity contribution < 1.29 is 13.2 Å². The zero-order chi connectivity index (χ0) is 23.0. The number of nitrogens with zero attached hydrogens (tertiary/aromatic N) is 3. The van der Waals surface area contributed by atoms with Crippen molar-refractivity contribution in [3.8, 4) is 0 Å². The van der Waals surface area contributed by atoms with Crippen LogP contribution in [-0.2, 0) is 14.8 Å². The van der Waals surface area contributed by atoms with Crippen molar-refractivity contribution >= 4 is 27.0 Å². The van der Waals surface area contributed by atoms with E-state index in [1.54, 1.807) is 16.4 Å². The first kappa shape index (κ1) is 22.8. The highest BCUT2D eigenvalue weighted by atomic mass is 32.2. The van der Waals surface area contributed by atoms with Gasteiger partial charge in [0, 0.05) is 31.1 Å². The molecule has 1 amide bonds. The van der Waals surface area contributed by atoms with Gasteiger partial charge in [-0.2, -0.15) is 4.31 Å². The smallest absolute Gasteiger partial charge is 0.243 e. The van der Waals surface area contributed by atoms with Gasteiger partial charge in [0.2, 0.25) is 15.9 Å². The molecule has 2 heterocycles. The van der Waals surface area contributed by atoms with Crippen LogP contribution in [0.5, 0.6) is 0 Å².